The molecule has 0 bridgehead atoms. The van der Waals surface area contributed by atoms with E-state index in [1.807, 2.05) is 12.1 Å². The molecule has 1 aliphatic heterocycles. The van der Waals surface area contributed by atoms with Gasteiger partial charge in [0.15, 0.2) is 12.4 Å². The predicted molar refractivity (Wildman–Crippen MR) is 112 cm³/mol. The number of sulfonamides is 1. The van der Waals surface area contributed by atoms with Crippen molar-refractivity contribution < 1.29 is 26.9 Å². The van der Waals surface area contributed by atoms with Crippen LogP contribution in [0, 0.1) is 13.8 Å². The van der Waals surface area contributed by atoms with E-state index in [1.165, 1.54) is 4.31 Å². The lowest BCUT2D eigenvalue weighted by Gasteiger charge is -2.32. The van der Waals surface area contributed by atoms with Gasteiger partial charge < -0.3 is 18.5 Å². The van der Waals surface area contributed by atoms with Gasteiger partial charge in [-0.1, -0.05) is 10.3 Å². The summed E-state index contributed by atoms with van der Waals surface area (Å²) in [5, 5.41) is 7.71. The molecule has 1 fully saturated rings. The highest BCUT2D eigenvalue weighted by molar-refractivity contribution is 7.89. The van der Waals surface area contributed by atoms with Crippen LogP contribution in [-0.4, -0.2) is 66.2 Å². The lowest BCUT2D eigenvalue weighted by atomic mass is 10.3. The van der Waals surface area contributed by atoms with Crippen molar-refractivity contribution in [3.05, 3.63) is 47.4 Å². The molecule has 0 spiro atoms. The van der Waals surface area contributed by atoms with Crippen molar-refractivity contribution in [2.75, 3.05) is 33.3 Å². The monoisotopic (exact) mass is 463 g/mol. The van der Waals surface area contributed by atoms with E-state index in [-0.39, 0.29) is 11.5 Å². The number of piperazine rings is 1. The molecule has 3 heterocycles. The number of benzene rings is 1. The smallest absolute Gasteiger partial charge is 0.248 e. The quantitative estimate of drug-likeness (QED) is 0.488. The van der Waals surface area contributed by atoms with Crippen LogP contribution in [0.25, 0.3) is 0 Å². The van der Waals surface area contributed by atoms with Gasteiger partial charge in [0.05, 0.1) is 13.7 Å². The van der Waals surface area contributed by atoms with Crippen LogP contribution in [0.5, 0.6) is 11.5 Å². The molecular formula is C20H25N5O6S. The van der Waals surface area contributed by atoms with E-state index in [0.717, 1.165) is 5.75 Å². The molecule has 3 aromatic rings. The highest BCUT2D eigenvalue weighted by atomic mass is 32.2. The summed E-state index contributed by atoms with van der Waals surface area (Å²) in [5.74, 6) is 2.63. The van der Waals surface area contributed by atoms with Gasteiger partial charge >= 0.3 is 0 Å². The third-order valence-corrected chi connectivity index (χ3v) is 7.34. The number of aromatic nitrogens is 3. The minimum Gasteiger partial charge on any atom is -0.497 e. The topological polar surface area (TPSA) is 124 Å². The third-order valence-electron chi connectivity index (χ3n) is 5.19. The zero-order valence-corrected chi connectivity index (χ0v) is 19.0. The number of nitrogens with zero attached hydrogens (tertiary/aromatic N) is 5. The first-order valence-electron chi connectivity index (χ1n) is 10.1. The van der Waals surface area contributed by atoms with Gasteiger partial charge in [-0.25, -0.2) is 8.42 Å². The van der Waals surface area contributed by atoms with Crippen LogP contribution in [0.1, 0.15) is 23.2 Å². The fraction of sp³-hybridized carbons (Fsp3) is 0.450. The summed E-state index contributed by atoms with van der Waals surface area (Å²) in [6.45, 7) is 5.65. The van der Waals surface area contributed by atoms with Gasteiger partial charge in [0.1, 0.15) is 22.1 Å². The molecule has 2 aromatic heterocycles. The first-order valence-corrected chi connectivity index (χ1v) is 11.5. The highest BCUT2D eigenvalue weighted by Crippen LogP contribution is 2.24. The Morgan fingerprint density at radius 1 is 1.00 bits per heavy atom. The van der Waals surface area contributed by atoms with Crippen molar-refractivity contribution in [2.45, 2.75) is 31.9 Å². The summed E-state index contributed by atoms with van der Waals surface area (Å²) >= 11 is 0. The molecule has 11 nitrogen and oxygen atoms in total. The van der Waals surface area contributed by atoms with E-state index in [4.69, 9.17) is 18.5 Å². The second kappa shape index (κ2) is 9.27. The Hall–Kier alpha value is -2.96. The molecule has 0 amide bonds. The number of hydrogen-bond donors (Lipinski definition) is 0. The van der Waals surface area contributed by atoms with Gasteiger partial charge in [-0.2, -0.15) is 9.29 Å². The molecular weight excluding hydrogens is 438 g/mol. The Kier molecular flexibility index (Phi) is 6.44. The standard InChI is InChI=1S/C20H25N5O6S/c1-14-20(15(2)30-22-14)32(26,27)25-10-8-24(9-11-25)12-19-21-18(23-31-19)13-29-17-6-4-16(28-3)5-7-17/h4-7H,8-13H2,1-3H3. The largest absolute Gasteiger partial charge is 0.497 e. The fourth-order valence-electron chi connectivity index (χ4n) is 3.52. The van der Waals surface area contributed by atoms with Crippen LogP contribution in [-0.2, 0) is 23.2 Å². The lowest BCUT2D eigenvalue weighted by molar-refractivity contribution is 0.163. The number of ether oxygens (including phenoxy) is 2. The Morgan fingerprint density at radius 3 is 2.31 bits per heavy atom. The molecule has 1 saturated heterocycles. The second-order valence-electron chi connectivity index (χ2n) is 7.40. The summed E-state index contributed by atoms with van der Waals surface area (Å²) in [6.07, 6.45) is 0. The molecule has 0 atom stereocenters. The maximum atomic E-state index is 12.9. The SMILES string of the molecule is COc1ccc(OCc2noc(CN3CCN(S(=O)(=O)c4c(C)noc4C)CC3)n2)cc1. The average molecular weight is 464 g/mol. The maximum absolute atomic E-state index is 12.9. The molecule has 0 saturated carbocycles. The van der Waals surface area contributed by atoms with E-state index >= 15 is 0 Å². The molecule has 0 aliphatic carbocycles. The summed E-state index contributed by atoms with van der Waals surface area (Å²) in [5.41, 5.74) is 0.375. The van der Waals surface area contributed by atoms with Crippen LogP contribution < -0.4 is 9.47 Å². The molecule has 1 aliphatic rings. The molecule has 172 valence electrons. The van der Waals surface area contributed by atoms with Crippen molar-refractivity contribution in [1.82, 2.24) is 24.5 Å². The highest BCUT2D eigenvalue weighted by Gasteiger charge is 2.33. The van der Waals surface area contributed by atoms with Gasteiger partial charge in [0.2, 0.25) is 21.7 Å². The van der Waals surface area contributed by atoms with E-state index in [2.05, 4.69) is 20.2 Å². The number of hydrogen-bond acceptors (Lipinski definition) is 10. The van der Waals surface area contributed by atoms with Crippen molar-refractivity contribution in [3.8, 4) is 11.5 Å². The molecule has 0 radical (unpaired) electrons. The molecule has 0 unspecified atom stereocenters. The molecule has 12 heteroatoms. The van der Waals surface area contributed by atoms with Crippen LogP contribution in [0.4, 0.5) is 0 Å². The Labute approximate surface area is 185 Å². The number of aryl methyl sites for hydroxylation is 2. The average Bonchev–Trinajstić information content (AvgIpc) is 3.38. The van der Waals surface area contributed by atoms with Crippen LogP contribution in [0.2, 0.25) is 0 Å². The third kappa shape index (κ3) is 4.76. The first-order chi connectivity index (χ1) is 15.4. The second-order valence-corrected chi connectivity index (χ2v) is 9.28. The molecule has 1 aromatic carbocycles. The van der Waals surface area contributed by atoms with E-state index in [0.29, 0.717) is 61.6 Å². The van der Waals surface area contributed by atoms with Gasteiger partial charge in [-0.15, -0.1) is 0 Å². The Bertz CT molecular complexity index is 1130. The number of rotatable bonds is 8. The van der Waals surface area contributed by atoms with E-state index < -0.39 is 10.0 Å². The maximum Gasteiger partial charge on any atom is 0.248 e. The van der Waals surface area contributed by atoms with Gasteiger partial charge in [0.25, 0.3) is 0 Å². The minimum atomic E-state index is -3.64. The fourth-order valence-corrected chi connectivity index (χ4v) is 5.24. The summed E-state index contributed by atoms with van der Waals surface area (Å²) < 4.78 is 48.4. The minimum absolute atomic E-state index is 0.157. The zero-order chi connectivity index (χ0) is 22.7. The lowest BCUT2D eigenvalue weighted by Crippen LogP contribution is -2.48. The Balaban J connectivity index is 1.29. The zero-order valence-electron chi connectivity index (χ0n) is 18.1. The Morgan fingerprint density at radius 2 is 1.69 bits per heavy atom. The van der Waals surface area contributed by atoms with Gasteiger partial charge in [0, 0.05) is 26.2 Å². The van der Waals surface area contributed by atoms with Gasteiger partial charge in [-0.3, -0.25) is 4.90 Å². The molecule has 32 heavy (non-hydrogen) atoms. The number of methoxy groups -OCH3 is 1. The van der Waals surface area contributed by atoms with Gasteiger partial charge in [-0.05, 0) is 38.1 Å². The normalized spacial score (nSPS) is 15.7. The molecule has 4 rings (SSSR count). The van der Waals surface area contributed by atoms with Crippen molar-refractivity contribution in [1.29, 1.82) is 0 Å². The van der Waals surface area contributed by atoms with Crippen LogP contribution >= 0.6 is 0 Å². The van der Waals surface area contributed by atoms with Crippen LogP contribution in [0.15, 0.2) is 38.2 Å². The first kappa shape index (κ1) is 22.2. The predicted octanol–water partition coefficient (Wildman–Crippen LogP) is 1.77. The summed E-state index contributed by atoms with van der Waals surface area (Å²) in [6, 6.07) is 7.22. The van der Waals surface area contributed by atoms with Crippen molar-refractivity contribution >= 4 is 10.0 Å². The van der Waals surface area contributed by atoms with Crippen molar-refractivity contribution in [3.63, 3.8) is 0 Å². The summed E-state index contributed by atoms with van der Waals surface area (Å²) in [4.78, 5) is 6.59. The summed E-state index contributed by atoms with van der Waals surface area (Å²) in [7, 11) is -2.03. The van der Waals surface area contributed by atoms with E-state index in [9.17, 15) is 8.42 Å². The van der Waals surface area contributed by atoms with Crippen LogP contribution in [0.3, 0.4) is 0 Å². The molecule has 0 N–H and O–H groups in total. The van der Waals surface area contributed by atoms with E-state index in [1.54, 1.807) is 33.1 Å². The van der Waals surface area contributed by atoms with Crippen molar-refractivity contribution in [2.24, 2.45) is 0 Å².